The molecule has 0 amide bonds. The molecule has 2 rings (SSSR count). The van der Waals surface area contributed by atoms with E-state index in [2.05, 4.69) is 42.3 Å². The normalized spacial score (nSPS) is 24.7. The van der Waals surface area contributed by atoms with E-state index in [-0.39, 0.29) is 6.10 Å². The van der Waals surface area contributed by atoms with E-state index in [1.165, 1.54) is 5.56 Å². The topological polar surface area (TPSA) is 12.5 Å². The summed E-state index contributed by atoms with van der Waals surface area (Å²) in [7, 11) is 0. The molecule has 1 aliphatic rings. The maximum absolute atomic E-state index is 5.95. The summed E-state index contributed by atoms with van der Waals surface area (Å²) in [5.41, 5.74) is 1.26. The molecule has 1 aromatic rings. The third kappa shape index (κ3) is 3.09. The molecule has 0 radical (unpaired) electrons. The number of benzene rings is 1. The molecule has 0 unspecified atom stereocenters. The Kier molecular flexibility index (Phi) is 4.73. The van der Waals surface area contributed by atoms with E-state index in [4.69, 9.17) is 4.74 Å². The van der Waals surface area contributed by atoms with Gasteiger partial charge in [0.15, 0.2) is 0 Å². The SMILES string of the molecule is C=CCCN1CO[C@H](c2ccccc2)C[C@@H]1C=C. The van der Waals surface area contributed by atoms with Crippen molar-refractivity contribution in [3.8, 4) is 0 Å². The van der Waals surface area contributed by atoms with Crippen LogP contribution in [0.15, 0.2) is 55.6 Å². The highest BCUT2D eigenvalue weighted by Gasteiger charge is 2.27. The van der Waals surface area contributed by atoms with Crippen molar-refractivity contribution in [1.82, 2.24) is 4.90 Å². The molecule has 0 spiro atoms. The molecule has 1 aliphatic heterocycles. The molecular weight excluding hydrogens is 222 g/mol. The van der Waals surface area contributed by atoms with Crippen molar-refractivity contribution in [3.63, 3.8) is 0 Å². The Hall–Kier alpha value is -1.38. The van der Waals surface area contributed by atoms with Gasteiger partial charge in [0.2, 0.25) is 0 Å². The van der Waals surface area contributed by atoms with Gasteiger partial charge in [0.25, 0.3) is 0 Å². The molecule has 2 atom stereocenters. The van der Waals surface area contributed by atoms with Crippen LogP contribution < -0.4 is 0 Å². The van der Waals surface area contributed by atoms with Crippen molar-refractivity contribution in [3.05, 3.63) is 61.2 Å². The second-order valence-electron chi connectivity index (χ2n) is 4.62. The molecule has 0 aliphatic carbocycles. The first-order chi connectivity index (χ1) is 8.85. The van der Waals surface area contributed by atoms with E-state index < -0.39 is 0 Å². The van der Waals surface area contributed by atoms with Crippen LogP contribution in [0.25, 0.3) is 0 Å². The molecule has 0 aromatic heterocycles. The van der Waals surface area contributed by atoms with Crippen molar-refractivity contribution in [2.45, 2.75) is 25.0 Å². The Balaban J connectivity index is 2.00. The summed E-state index contributed by atoms with van der Waals surface area (Å²) < 4.78 is 5.95. The molecule has 18 heavy (non-hydrogen) atoms. The van der Waals surface area contributed by atoms with Gasteiger partial charge in [0.1, 0.15) is 6.73 Å². The summed E-state index contributed by atoms with van der Waals surface area (Å²) >= 11 is 0. The smallest absolute Gasteiger partial charge is 0.100 e. The average Bonchev–Trinajstić information content (AvgIpc) is 2.46. The minimum absolute atomic E-state index is 0.189. The summed E-state index contributed by atoms with van der Waals surface area (Å²) in [6.45, 7) is 9.37. The fraction of sp³-hybridized carbons (Fsp3) is 0.375. The van der Waals surface area contributed by atoms with E-state index in [1.54, 1.807) is 0 Å². The van der Waals surface area contributed by atoms with Gasteiger partial charge in [-0.05, 0) is 18.4 Å². The number of ether oxygens (including phenoxy) is 1. The van der Waals surface area contributed by atoms with Crippen LogP contribution in [0.4, 0.5) is 0 Å². The van der Waals surface area contributed by atoms with Crippen molar-refractivity contribution < 1.29 is 4.74 Å². The quantitative estimate of drug-likeness (QED) is 0.733. The molecule has 1 saturated heterocycles. The van der Waals surface area contributed by atoms with E-state index in [1.807, 2.05) is 18.2 Å². The van der Waals surface area contributed by atoms with Gasteiger partial charge in [-0.15, -0.1) is 13.2 Å². The largest absolute Gasteiger partial charge is 0.358 e. The van der Waals surface area contributed by atoms with Gasteiger partial charge >= 0.3 is 0 Å². The van der Waals surface area contributed by atoms with E-state index in [0.29, 0.717) is 12.8 Å². The molecule has 0 bridgehead atoms. The molecule has 2 nitrogen and oxygen atoms in total. The van der Waals surface area contributed by atoms with Gasteiger partial charge in [-0.3, -0.25) is 4.90 Å². The van der Waals surface area contributed by atoms with Crippen LogP contribution in [-0.2, 0) is 4.74 Å². The Morgan fingerprint density at radius 2 is 2.06 bits per heavy atom. The van der Waals surface area contributed by atoms with Crippen molar-refractivity contribution in [1.29, 1.82) is 0 Å². The molecule has 0 N–H and O–H groups in total. The van der Waals surface area contributed by atoms with Crippen molar-refractivity contribution >= 4 is 0 Å². The Morgan fingerprint density at radius 3 is 2.72 bits per heavy atom. The van der Waals surface area contributed by atoms with E-state index in [9.17, 15) is 0 Å². The summed E-state index contributed by atoms with van der Waals surface area (Å²) in [4.78, 5) is 2.31. The minimum Gasteiger partial charge on any atom is -0.358 e. The van der Waals surface area contributed by atoms with Gasteiger partial charge in [0, 0.05) is 12.6 Å². The highest BCUT2D eigenvalue weighted by Crippen LogP contribution is 2.29. The Labute approximate surface area is 110 Å². The molecule has 1 aromatic carbocycles. The lowest BCUT2D eigenvalue weighted by atomic mass is 9.99. The van der Waals surface area contributed by atoms with Crippen LogP contribution >= 0.6 is 0 Å². The predicted octanol–water partition coefficient (Wildman–Crippen LogP) is 3.54. The fourth-order valence-electron chi connectivity index (χ4n) is 2.35. The molecule has 1 fully saturated rings. The highest BCUT2D eigenvalue weighted by molar-refractivity contribution is 5.18. The first kappa shape index (κ1) is 13.1. The monoisotopic (exact) mass is 243 g/mol. The number of hydrogen-bond acceptors (Lipinski definition) is 2. The zero-order valence-electron chi connectivity index (χ0n) is 10.8. The molecule has 1 heterocycles. The Bertz CT molecular complexity index is 387. The maximum Gasteiger partial charge on any atom is 0.100 e. The molecule has 0 saturated carbocycles. The minimum atomic E-state index is 0.189. The van der Waals surface area contributed by atoms with E-state index in [0.717, 1.165) is 19.4 Å². The third-order valence-corrected chi connectivity index (χ3v) is 3.43. The lowest BCUT2D eigenvalue weighted by molar-refractivity contribution is -0.0870. The van der Waals surface area contributed by atoms with Crippen LogP contribution in [0.2, 0.25) is 0 Å². The zero-order valence-corrected chi connectivity index (χ0v) is 10.8. The summed E-state index contributed by atoms with van der Waals surface area (Å²) in [5, 5.41) is 0. The number of hydrogen-bond donors (Lipinski definition) is 0. The first-order valence-corrected chi connectivity index (χ1v) is 6.49. The average molecular weight is 243 g/mol. The van der Waals surface area contributed by atoms with Gasteiger partial charge in [-0.2, -0.15) is 0 Å². The number of rotatable bonds is 5. The standard InChI is InChI=1S/C16H21NO/c1-3-5-11-17-13-18-16(12-15(17)4-2)14-9-7-6-8-10-14/h3-4,6-10,15-16H,1-2,5,11-13H2/t15-,16-/m0/s1. The van der Waals surface area contributed by atoms with Gasteiger partial charge in [0.05, 0.1) is 6.10 Å². The third-order valence-electron chi connectivity index (χ3n) is 3.43. The van der Waals surface area contributed by atoms with Gasteiger partial charge in [-0.1, -0.05) is 42.5 Å². The second kappa shape index (κ2) is 6.53. The summed E-state index contributed by atoms with van der Waals surface area (Å²) in [6, 6.07) is 10.8. The number of nitrogens with zero attached hydrogens (tertiary/aromatic N) is 1. The molecule has 96 valence electrons. The van der Waals surface area contributed by atoms with Crippen molar-refractivity contribution in [2.24, 2.45) is 0 Å². The molecule has 2 heteroatoms. The summed E-state index contributed by atoms with van der Waals surface area (Å²) in [6.07, 6.45) is 6.13. The lowest BCUT2D eigenvalue weighted by Gasteiger charge is -2.38. The predicted molar refractivity (Wildman–Crippen MR) is 75.3 cm³/mol. The van der Waals surface area contributed by atoms with Crippen LogP contribution in [0.1, 0.15) is 24.5 Å². The van der Waals surface area contributed by atoms with Crippen LogP contribution in [-0.4, -0.2) is 24.2 Å². The Morgan fingerprint density at radius 1 is 1.28 bits per heavy atom. The van der Waals surface area contributed by atoms with Crippen LogP contribution in [0, 0.1) is 0 Å². The highest BCUT2D eigenvalue weighted by atomic mass is 16.5. The van der Waals surface area contributed by atoms with Crippen LogP contribution in [0.3, 0.4) is 0 Å². The van der Waals surface area contributed by atoms with Gasteiger partial charge in [-0.25, -0.2) is 0 Å². The van der Waals surface area contributed by atoms with Gasteiger partial charge < -0.3 is 4.74 Å². The van der Waals surface area contributed by atoms with Crippen LogP contribution in [0.5, 0.6) is 0 Å². The van der Waals surface area contributed by atoms with Crippen molar-refractivity contribution in [2.75, 3.05) is 13.3 Å². The lowest BCUT2D eigenvalue weighted by Crippen LogP contribution is -2.42. The first-order valence-electron chi connectivity index (χ1n) is 6.49. The molecular formula is C16H21NO. The fourth-order valence-corrected chi connectivity index (χ4v) is 2.35. The summed E-state index contributed by atoms with van der Waals surface area (Å²) in [5.74, 6) is 0. The second-order valence-corrected chi connectivity index (χ2v) is 4.62. The maximum atomic E-state index is 5.95. The van der Waals surface area contributed by atoms with E-state index >= 15 is 0 Å². The zero-order chi connectivity index (χ0) is 12.8.